The Morgan fingerprint density at radius 3 is 1.83 bits per heavy atom. The first kappa shape index (κ1) is 20.8. The van der Waals surface area contributed by atoms with E-state index in [0.717, 1.165) is 19.3 Å². The van der Waals surface area contributed by atoms with Crippen molar-refractivity contribution in [3.8, 4) is 0 Å². The Kier molecular flexibility index (Phi) is 8.08. The van der Waals surface area contributed by atoms with E-state index in [9.17, 15) is 9.59 Å². The average molecular weight is 348 g/mol. The second-order valence-corrected chi connectivity index (χ2v) is 7.62. The van der Waals surface area contributed by atoms with Gasteiger partial charge in [0.2, 0.25) is 0 Å². The molecule has 0 radical (unpaired) electrons. The van der Waals surface area contributed by atoms with Gasteiger partial charge in [0.1, 0.15) is 5.60 Å². The van der Waals surface area contributed by atoms with Crippen LogP contribution in [0.15, 0.2) is 0 Å². The van der Waals surface area contributed by atoms with E-state index in [1.54, 1.807) is 20.8 Å². The normalized spacial score (nSPS) is 16.7. The van der Waals surface area contributed by atoms with E-state index in [1.807, 2.05) is 13.8 Å². The third-order valence-corrected chi connectivity index (χ3v) is 3.43. The molecule has 0 bridgehead atoms. The summed E-state index contributed by atoms with van der Waals surface area (Å²) in [5.74, 6) is -2.28. The van der Waals surface area contributed by atoms with Crippen molar-refractivity contribution in [3.63, 3.8) is 0 Å². The maximum absolute atomic E-state index is 11.3. The molecule has 8 nitrogen and oxygen atoms in total. The second kappa shape index (κ2) is 9.31. The van der Waals surface area contributed by atoms with Crippen molar-refractivity contribution in [1.82, 2.24) is 0 Å². The molecule has 0 aromatic rings. The predicted octanol–water partition coefficient (Wildman–Crippen LogP) is 3.35. The van der Waals surface area contributed by atoms with E-state index >= 15 is 0 Å². The third kappa shape index (κ3) is 9.17. The molecule has 0 N–H and O–H groups in total. The third-order valence-electron chi connectivity index (χ3n) is 3.43. The topological polar surface area (TPSA) is 89.5 Å². The van der Waals surface area contributed by atoms with Gasteiger partial charge < -0.3 is 0 Å². The van der Waals surface area contributed by atoms with Crippen molar-refractivity contribution in [2.24, 2.45) is 5.92 Å². The highest BCUT2D eigenvalue weighted by atomic mass is 17.5. The van der Waals surface area contributed by atoms with E-state index in [0.29, 0.717) is 5.92 Å². The summed E-state index contributed by atoms with van der Waals surface area (Å²) < 4.78 is 0. The van der Waals surface area contributed by atoms with E-state index < -0.39 is 23.1 Å². The molecule has 0 saturated heterocycles. The zero-order valence-corrected chi connectivity index (χ0v) is 15.1. The van der Waals surface area contributed by atoms with Crippen LogP contribution in [0.4, 0.5) is 0 Å². The van der Waals surface area contributed by atoms with E-state index in [2.05, 4.69) is 24.7 Å². The van der Waals surface area contributed by atoms with Crippen molar-refractivity contribution < 1.29 is 39.2 Å². The zero-order valence-electron chi connectivity index (χ0n) is 15.1. The monoisotopic (exact) mass is 348 g/mol. The Morgan fingerprint density at radius 2 is 1.33 bits per heavy atom. The Labute approximate surface area is 142 Å². The lowest BCUT2D eigenvalue weighted by Gasteiger charge is -2.29. The summed E-state index contributed by atoms with van der Waals surface area (Å²) in [5.41, 5.74) is -1.34. The molecule has 8 heteroatoms. The number of rotatable bonds is 7. The van der Waals surface area contributed by atoms with Crippen LogP contribution in [0.1, 0.15) is 73.1 Å². The fourth-order valence-corrected chi connectivity index (χ4v) is 2.48. The molecule has 1 fully saturated rings. The molecule has 0 unspecified atom stereocenters. The zero-order chi connectivity index (χ0) is 18.2. The molecule has 0 aromatic carbocycles. The molecule has 0 spiro atoms. The highest BCUT2D eigenvalue weighted by Crippen LogP contribution is 2.32. The molecule has 0 aliphatic heterocycles. The SMILES string of the molecule is CC(C)(C)OOOC(=O)C(=O)OOOC(C)(C)CC1CCCCC1. The van der Waals surface area contributed by atoms with Gasteiger partial charge in [-0.05, 0) is 57.0 Å². The maximum atomic E-state index is 11.3. The van der Waals surface area contributed by atoms with Gasteiger partial charge in [0.15, 0.2) is 0 Å². The van der Waals surface area contributed by atoms with E-state index in [1.165, 1.54) is 19.3 Å². The minimum absolute atomic E-state index is 0.556. The minimum atomic E-state index is -1.42. The molecule has 140 valence electrons. The van der Waals surface area contributed by atoms with Gasteiger partial charge in [-0.25, -0.2) is 9.59 Å². The smallest absolute Gasteiger partial charge is 0.255 e. The van der Waals surface area contributed by atoms with E-state index in [-0.39, 0.29) is 0 Å². The molecule has 1 saturated carbocycles. The Hall–Kier alpha value is -1.22. The minimum Gasteiger partial charge on any atom is -0.255 e. The van der Waals surface area contributed by atoms with Crippen LogP contribution in [0.5, 0.6) is 0 Å². The maximum Gasteiger partial charge on any atom is 0.456 e. The summed E-state index contributed by atoms with van der Waals surface area (Å²) in [4.78, 5) is 40.7. The van der Waals surface area contributed by atoms with Gasteiger partial charge >= 0.3 is 11.9 Å². The highest BCUT2D eigenvalue weighted by Gasteiger charge is 2.29. The van der Waals surface area contributed by atoms with Crippen LogP contribution in [0.3, 0.4) is 0 Å². The Bertz CT molecular complexity index is 407. The first-order valence-electron chi connectivity index (χ1n) is 8.22. The van der Waals surface area contributed by atoms with Crippen molar-refractivity contribution in [1.29, 1.82) is 0 Å². The van der Waals surface area contributed by atoms with Crippen LogP contribution in [0.25, 0.3) is 0 Å². The van der Waals surface area contributed by atoms with Crippen LogP contribution >= 0.6 is 0 Å². The molecule has 0 heterocycles. The van der Waals surface area contributed by atoms with Gasteiger partial charge in [0, 0.05) is 0 Å². The fourth-order valence-electron chi connectivity index (χ4n) is 2.48. The van der Waals surface area contributed by atoms with Crippen molar-refractivity contribution in [3.05, 3.63) is 0 Å². The lowest BCUT2D eigenvalue weighted by Crippen LogP contribution is -2.30. The molecular weight excluding hydrogens is 320 g/mol. The number of carbonyl (C=O) groups is 2. The number of hydrogen-bond acceptors (Lipinski definition) is 8. The van der Waals surface area contributed by atoms with Gasteiger partial charge in [-0.2, -0.15) is 9.78 Å². The summed E-state index contributed by atoms with van der Waals surface area (Å²) in [7, 11) is 0. The van der Waals surface area contributed by atoms with E-state index in [4.69, 9.17) is 4.89 Å². The van der Waals surface area contributed by atoms with Crippen LogP contribution in [-0.2, 0) is 39.2 Å². The number of hydrogen-bond donors (Lipinski definition) is 0. The molecule has 0 atom stereocenters. The quantitative estimate of drug-likeness (QED) is 0.393. The summed E-state index contributed by atoms with van der Waals surface area (Å²) in [6.07, 6.45) is 6.80. The molecule has 1 rings (SSSR count). The first-order chi connectivity index (χ1) is 11.1. The first-order valence-corrected chi connectivity index (χ1v) is 8.22. The van der Waals surface area contributed by atoms with Crippen LogP contribution < -0.4 is 0 Å². The van der Waals surface area contributed by atoms with Gasteiger partial charge in [-0.1, -0.05) is 32.1 Å². The molecule has 0 amide bonds. The van der Waals surface area contributed by atoms with Crippen molar-refractivity contribution >= 4 is 11.9 Å². The van der Waals surface area contributed by atoms with Crippen LogP contribution in [-0.4, -0.2) is 23.1 Å². The van der Waals surface area contributed by atoms with Crippen LogP contribution in [0, 0.1) is 5.92 Å². The van der Waals surface area contributed by atoms with Gasteiger partial charge in [0.25, 0.3) is 0 Å². The standard InChI is InChI=1S/C16H28O8/c1-15(2,3)21-23-19-13(17)14(18)20-24-22-16(4,5)11-12-9-7-6-8-10-12/h12H,6-11H2,1-5H3. The summed E-state index contributed by atoms with van der Waals surface area (Å²) in [5, 5.41) is 8.61. The lowest BCUT2D eigenvalue weighted by atomic mass is 9.82. The molecule has 0 aromatic heterocycles. The summed E-state index contributed by atoms with van der Waals surface area (Å²) >= 11 is 0. The van der Waals surface area contributed by atoms with Gasteiger partial charge in [0.05, 0.1) is 5.60 Å². The van der Waals surface area contributed by atoms with Crippen molar-refractivity contribution in [2.75, 3.05) is 0 Å². The van der Waals surface area contributed by atoms with Gasteiger partial charge in [-0.3, -0.25) is 9.78 Å². The molecule has 24 heavy (non-hydrogen) atoms. The molecule has 1 aliphatic carbocycles. The van der Waals surface area contributed by atoms with Crippen molar-refractivity contribution in [2.45, 2.75) is 84.3 Å². The Morgan fingerprint density at radius 1 is 0.833 bits per heavy atom. The summed E-state index contributed by atoms with van der Waals surface area (Å²) in [6.45, 7) is 8.67. The number of carbonyl (C=O) groups excluding carboxylic acids is 2. The molecule has 1 aliphatic rings. The largest absolute Gasteiger partial charge is 0.456 e. The lowest BCUT2D eigenvalue weighted by molar-refractivity contribution is -0.525. The fraction of sp³-hybridized carbons (Fsp3) is 0.875. The Balaban J connectivity index is 2.21. The summed E-state index contributed by atoms with van der Waals surface area (Å²) in [6, 6.07) is 0. The van der Waals surface area contributed by atoms with Crippen LogP contribution in [0.2, 0.25) is 0 Å². The van der Waals surface area contributed by atoms with Gasteiger partial charge in [-0.15, -0.1) is 0 Å². The highest BCUT2D eigenvalue weighted by molar-refractivity contribution is 6.29. The second-order valence-electron chi connectivity index (χ2n) is 7.62. The average Bonchev–Trinajstić information content (AvgIpc) is 2.46. The predicted molar refractivity (Wildman–Crippen MR) is 81.5 cm³/mol. The molecular formula is C16H28O8.